The predicted octanol–water partition coefficient (Wildman–Crippen LogP) is 5.63. The molecule has 2 aliphatic rings. The van der Waals surface area contributed by atoms with Crippen molar-refractivity contribution in [3.8, 4) is 0 Å². The molecule has 0 unspecified atom stereocenters. The fraction of sp³-hybridized carbons (Fsp3) is 0.550. The summed E-state index contributed by atoms with van der Waals surface area (Å²) < 4.78 is 0. The van der Waals surface area contributed by atoms with Gasteiger partial charge in [0.1, 0.15) is 0 Å². The molecule has 4 rings (SSSR count). The maximum Gasteiger partial charge on any atom is 0.0548 e. The Labute approximate surface area is 154 Å². The van der Waals surface area contributed by atoms with Gasteiger partial charge in [0.15, 0.2) is 0 Å². The topological polar surface area (TPSA) is 16.1 Å². The average molecular weight is 361 g/mol. The van der Waals surface area contributed by atoms with Crippen LogP contribution in [0.5, 0.6) is 0 Å². The summed E-state index contributed by atoms with van der Waals surface area (Å²) in [6, 6.07) is 6.36. The van der Waals surface area contributed by atoms with E-state index in [0.717, 1.165) is 16.3 Å². The van der Waals surface area contributed by atoms with Crippen molar-refractivity contribution in [1.82, 2.24) is 9.88 Å². The van der Waals surface area contributed by atoms with Crippen LogP contribution in [0.4, 0.5) is 0 Å². The molecule has 1 saturated heterocycles. The van der Waals surface area contributed by atoms with E-state index in [9.17, 15) is 0 Å². The largest absolute Gasteiger partial charge is 0.302 e. The van der Waals surface area contributed by atoms with Crippen molar-refractivity contribution in [2.24, 2.45) is 5.92 Å². The molecule has 1 aromatic carbocycles. The molecule has 0 amide bonds. The van der Waals surface area contributed by atoms with E-state index in [1.807, 2.05) is 24.2 Å². The van der Waals surface area contributed by atoms with Gasteiger partial charge in [0.25, 0.3) is 0 Å². The second-order valence-electron chi connectivity index (χ2n) is 7.30. The van der Waals surface area contributed by atoms with Crippen LogP contribution in [0.2, 0.25) is 5.02 Å². The number of thioether (sulfide) groups is 1. The van der Waals surface area contributed by atoms with Crippen molar-refractivity contribution < 1.29 is 0 Å². The standard InChI is InChI=1S/C20H25ClN2S/c21-19-10-17-12-22-8-6-16(17)11-20(19)24-18-7-9-23(14-18)13-15-4-2-1-3-5-15/h6,8,10-12,15,18H,1-5,7,9,13-14H2/t18-/m0/s1. The van der Waals surface area contributed by atoms with Gasteiger partial charge in [-0.15, -0.1) is 11.8 Å². The van der Waals surface area contributed by atoms with E-state index in [1.54, 1.807) is 0 Å². The zero-order valence-corrected chi connectivity index (χ0v) is 15.7. The van der Waals surface area contributed by atoms with Crippen LogP contribution in [0, 0.1) is 5.92 Å². The molecule has 0 spiro atoms. The smallest absolute Gasteiger partial charge is 0.0548 e. The SMILES string of the molecule is Clc1cc2cnccc2cc1S[C@H]1CCN(CC2CCCCC2)C1. The zero-order chi connectivity index (χ0) is 16.4. The minimum absolute atomic E-state index is 0.672. The minimum Gasteiger partial charge on any atom is -0.302 e. The lowest BCUT2D eigenvalue weighted by molar-refractivity contribution is 0.234. The molecule has 24 heavy (non-hydrogen) atoms. The molecule has 128 valence electrons. The quantitative estimate of drug-likeness (QED) is 0.702. The number of nitrogens with zero attached hydrogens (tertiary/aromatic N) is 2. The number of halogens is 1. The fourth-order valence-electron chi connectivity index (χ4n) is 4.15. The van der Waals surface area contributed by atoms with Gasteiger partial charge < -0.3 is 4.90 Å². The Morgan fingerprint density at radius 1 is 1.12 bits per heavy atom. The summed E-state index contributed by atoms with van der Waals surface area (Å²) in [5.74, 6) is 0.944. The third-order valence-electron chi connectivity index (χ3n) is 5.46. The van der Waals surface area contributed by atoms with E-state index in [0.29, 0.717) is 5.25 Å². The van der Waals surface area contributed by atoms with Crippen molar-refractivity contribution in [3.63, 3.8) is 0 Å². The lowest BCUT2D eigenvalue weighted by atomic mass is 9.89. The number of aromatic nitrogens is 1. The van der Waals surface area contributed by atoms with Gasteiger partial charge >= 0.3 is 0 Å². The third kappa shape index (κ3) is 3.89. The Hall–Kier alpha value is -0.770. The van der Waals surface area contributed by atoms with Gasteiger partial charge in [0, 0.05) is 41.0 Å². The summed E-state index contributed by atoms with van der Waals surface area (Å²) in [5, 5.41) is 3.89. The van der Waals surface area contributed by atoms with E-state index >= 15 is 0 Å². The molecule has 1 atom stereocenters. The molecule has 1 aliphatic heterocycles. The lowest BCUT2D eigenvalue weighted by Crippen LogP contribution is -2.29. The molecule has 1 aromatic heterocycles. The second-order valence-corrected chi connectivity index (χ2v) is 9.05. The van der Waals surface area contributed by atoms with Crippen LogP contribution < -0.4 is 0 Å². The number of hydrogen-bond donors (Lipinski definition) is 0. The molecule has 4 heteroatoms. The minimum atomic E-state index is 0.672. The van der Waals surface area contributed by atoms with Crippen molar-refractivity contribution in [1.29, 1.82) is 0 Å². The first-order chi connectivity index (χ1) is 11.8. The Morgan fingerprint density at radius 3 is 2.88 bits per heavy atom. The van der Waals surface area contributed by atoms with Gasteiger partial charge in [-0.1, -0.05) is 30.9 Å². The van der Waals surface area contributed by atoms with Gasteiger partial charge in [0.2, 0.25) is 0 Å². The number of pyridine rings is 1. The Bertz CT molecular complexity index is 699. The molecule has 2 nitrogen and oxygen atoms in total. The molecule has 2 fully saturated rings. The van der Waals surface area contributed by atoms with Crippen LogP contribution in [0.1, 0.15) is 38.5 Å². The van der Waals surface area contributed by atoms with Gasteiger partial charge in [-0.25, -0.2) is 0 Å². The van der Waals surface area contributed by atoms with Crippen LogP contribution in [-0.2, 0) is 0 Å². The van der Waals surface area contributed by atoms with Gasteiger partial charge in [-0.05, 0) is 55.3 Å². The van der Waals surface area contributed by atoms with Crippen molar-refractivity contribution in [2.45, 2.75) is 48.7 Å². The van der Waals surface area contributed by atoms with Crippen molar-refractivity contribution in [2.75, 3.05) is 19.6 Å². The monoisotopic (exact) mass is 360 g/mol. The second kappa shape index (κ2) is 7.63. The van der Waals surface area contributed by atoms with Crippen LogP contribution in [-0.4, -0.2) is 34.8 Å². The van der Waals surface area contributed by atoms with Crippen LogP contribution in [0.25, 0.3) is 10.8 Å². The summed E-state index contributed by atoms with van der Waals surface area (Å²) in [7, 11) is 0. The third-order valence-corrected chi connectivity index (χ3v) is 7.19. The highest BCUT2D eigenvalue weighted by Crippen LogP contribution is 2.37. The summed E-state index contributed by atoms with van der Waals surface area (Å²) in [4.78, 5) is 8.09. The fourth-order valence-corrected chi connectivity index (χ4v) is 5.69. The summed E-state index contributed by atoms with van der Waals surface area (Å²) >= 11 is 8.48. The number of rotatable bonds is 4. The normalized spacial score (nSPS) is 23.1. The van der Waals surface area contributed by atoms with Gasteiger partial charge in [-0.2, -0.15) is 0 Å². The van der Waals surface area contributed by atoms with Crippen molar-refractivity contribution in [3.05, 3.63) is 35.6 Å². The molecule has 0 radical (unpaired) electrons. The molecule has 2 heterocycles. The molecule has 1 aliphatic carbocycles. The molecular formula is C20H25ClN2S. The highest BCUT2D eigenvalue weighted by Gasteiger charge is 2.26. The molecule has 2 aromatic rings. The van der Waals surface area contributed by atoms with Crippen molar-refractivity contribution >= 4 is 34.1 Å². The van der Waals surface area contributed by atoms with Gasteiger partial charge in [-0.3, -0.25) is 4.98 Å². The van der Waals surface area contributed by atoms with Crippen LogP contribution in [0.15, 0.2) is 35.5 Å². The number of benzene rings is 1. The van der Waals surface area contributed by atoms with E-state index in [4.69, 9.17) is 11.6 Å². The lowest BCUT2D eigenvalue weighted by Gasteiger charge is -2.26. The maximum atomic E-state index is 6.51. The number of hydrogen-bond acceptors (Lipinski definition) is 3. The molecular weight excluding hydrogens is 336 g/mol. The van der Waals surface area contributed by atoms with Gasteiger partial charge in [0.05, 0.1) is 5.02 Å². The predicted molar refractivity (Wildman–Crippen MR) is 104 cm³/mol. The molecule has 0 bridgehead atoms. The number of fused-ring (bicyclic) bond motifs is 1. The Morgan fingerprint density at radius 2 is 2.00 bits per heavy atom. The van der Waals surface area contributed by atoms with E-state index in [1.165, 1.54) is 68.4 Å². The summed E-state index contributed by atoms with van der Waals surface area (Å²) in [5.41, 5.74) is 0. The average Bonchev–Trinajstić information content (AvgIpc) is 3.03. The van der Waals surface area contributed by atoms with Crippen LogP contribution in [0.3, 0.4) is 0 Å². The first-order valence-electron chi connectivity index (χ1n) is 9.20. The molecule has 1 saturated carbocycles. The Balaban J connectivity index is 1.38. The Kier molecular flexibility index (Phi) is 5.31. The molecule has 0 N–H and O–H groups in total. The maximum absolute atomic E-state index is 6.51. The first-order valence-corrected chi connectivity index (χ1v) is 10.5. The highest BCUT2D eigenvalue weighted by atomic mass is 35.5. The van der Waals surface area contributed by atoms with E-state index in [2.05, 4.69) is 28.1 Å². The summed E-state index contributed by atoms with van der Waals surface area (Å²) in [6.07, 6.45) is 12.2. The number of likely N-dealkylation sites (tertiary alicyclic amines) is 1. The van der Waals surface area contributed by atoms with E-state index in [-0.39, 0.29) is 0 Å². The first kappa shape index (κ1) is 16.7. The zero-order valence-electron chi connectivity index (χ0n) is 14.1. The summed E-state index contributed by atoms with van der Waals surface area (Å²) in [6.45, 7) is 3.78. The van der Waals surface area contributed by atoms with E-state index < -0.39 is 0 Å². The highest BCUT2D eigenvalue weighted by molar-refractivity contribution is 8.00. The van der Waals surface area contributed by atoms with Crippen LogP contribution >= 0.6 is 23.4 Å².